The standard InChI is InChI=1S/C32H30N2O4/c1-36-28-17-23(18-29(37-2)32(28)38-3)22-15-26-30(27(35)16-22)31(34-25-11-7-6-10-24(25)33-26)21-13-12-19-8-4-5-9-20(19)14-21/h4-14,17-18,22,31,33-34H,15-16H2,1-3H3. The Morgan fingerprint density at radius 3 is 2.11 bits per heavy atom. The van der Waals surface area contributed by atoms with Crippen LogP contribution < -0.4 is 24.8 Å². The van der Waals surface area contributed by atoms with Crippen LogP contribution in [0.15, 0.2) is 90.1 Å². The molecule has 0 amide bonds. The van der Waals surface area contributed by atoms with Gasteiger partial charge in [0.1, 0.15) is 0 Å². The second-order valence-electron chi connectivity index (χ2n) is 9.73. The number of allylic oxidation sites excluding steroid dienone is 1. The van der Waals surface area contributed by atoms with Gasteiger partial charge < -0.3 is 24.8 Å². The summed E-state index contributed by atoms with van der Waals surface area (Å²) >= 11 is 0. The molecule has 0 fully saturated rings. The number of benzene rings is 4. The van der Waals surface area contributed by atoms with E-state index >= 15 is 0 Å². The number of carbonyl (C=O) groups is 1. The van der Waals surface area contributed by atoms with Crippen molar-refractivity contribution in [3.63, 3.8) is 0 Å². The summed E-state index contributed by atoms with van der Waals surface area (Å²) in [4.78, 5) is 14.0. The van der Waals surface area contributed by atoms with Crippen LogP contribution in [0, 0.1) is 0 Å². The predicted octanol–water partition coefficient (Wildman–Crippen LogP) is 6.85. The Morgan fingerprint density at radius 2 is 1.39 bits per heavy atom. The molecule has 0 saturated heterocycles. The van der Waals surface area contributed by atoms with E-state index in [9.17, 15) is 4.79 Å². The van der Waals surface area contributed by atoms with Crippen LogP contribution in [0.3, 0.4) is 0 Å². The molecular weight excluding hydrogens is 476 g/mol. The molecule has 1 heterocycles. The Labute approximate surface area is 222 Å². The number of rotatable bonds is 5. The van der Waals surface area contributed by atoms with Crippen LogP contribution >= 0.6 is 0 Å². The lowest BCUT2D eigenvalue weighted by atomic mass is 9.78. The minimum Gasteiger partial charge on any atom is -0.493 e. The molecule has 0 radical (unpaired) electrons. The number of methoxy groups -OCH3 is 3. The van der Waals surface area contributed by atoms with Crippen molar-refractivity contribution >= 4 is 27.9 Å². The lowest BCUT2D eigenvalue weighted by Crippen LogP contribution is -2.27. The molecular formula is C32H30N2O4. The van der Waals surface area contributed by atoms with Gasteiger partial charge in [0.15, 0.2) is 17.3 Å². The smallest absolute Gasteiger partial charge is 0.203 e. The van der Waals surface area contributed by atoms with Crippen molar-refractivity contribution in [2.75, 3.05) is 32.0 Å². The van der Waals surface area contributed by atoms with Crippen LogP contribution in [0.4, 0.5) is 11.4 Å². The maximum atomic E-state index is 14.0. The highest BCUT2D eigenvalue weighted by atomic mass is 16.5. The Kier molecular flexibility index (Phi) is 6.16. The molecule has 1 aliphatic carbocycles. The molecule has 192 valence electrons. The normalized spacial score (nSPS) is 18.6. The predicted molar refractivity (Wildman–Crippen MR) is 150 cm³/mol. The average Bonchev–Trinajstić information content (AvgIpc) is 3.13. The molecule has 38 heavy (non-hydrogen) atoms. The maximum absolute atomic E-state index is 14.0. The van der Waals surface area contributed by atoms with E-state index in [0.29, 0.717) is 30.1 Å². The van der Waals surface area contributed by atoms with Gasteiger partial charge in [0.05, 0.1) is 38.7 Å². The van der Waals surface area contributed by atoms with E-state index in [4.69, 9.17) is 14.2 Å². The number of fused-ring (bicyclic) bond motifs is 2. The van der Waals surface area contributed by atoms with Crippen molar-refractivity contribution in [2.24, 2.45) is 0 Å². The maximum Gasteiger partial charge on any atom is 0.203 e. The highest BCUT2D eigenvalue weighted by Crippen LogP contribution is 2.47. The number of nitrogens with one attached hydrogen (secondary N) is 2. The zero-order chi connectivity index (χ0) is 26.2. The minimum atomic E-state index is -0.265. The Morgan fingerprint density at radius 1 is 0.711 bits per heavy atom. The van der Waals surface area contributed by atoms with Crippen LogP contribution in [-0.2, 0) is 4.79 Å². The molecule has 1 aliphatic heterocycles. The molecule has 6 nitrogen and oxygen atoms in total. The summed E-state index contributed by atoms with van der Waals surface area (Å²) < 4.78 is 16.7. The summed E-state index contributed by atoms with van der Waals surface area (Å²) in [5.41, 5.74) is 5.71. The summed E-state index contributed by atoms with van der Waals surface area (Å²) in [6, 6.07) is 26.5. The van der Waals surface area contributed by atoms with Gasteiger partial charge >= 0.3 is 0 Å². The van der Waals surface area contributed by atoms with Crippen molar-refractivity contribution in [1.82, 2.24) is 0 Å². The second kappa shape index (κ2) is 9.78. The zero-order valence-electron chi connectivity index (χ0n) is 21.7. The SMILES string of the molecule is COc1cc(C2CC(=O)C3=C(C2)Nc2ccccc2NC3c2ccc3ccccc3c2)cc(OC)c1OC. The van der Waals surface area contributed by atoms with Gasteiger partial charge in [-0.2, -0.15) is 0 Å². The molecule has 0 aromatic heterocycles. The van der Waals surface area contributed by atoms with Gasteiger partial charge in [-0.05, 0) is 64.6 Å². The summed E-state index contributed by atoms with van der Waals surface area (Å²) in [5, 5.41) is 9.62. The molecule has 6 rings (SSSR count). The molecule has 2 N–H and O–H groups in total. The first-order chi connectivity index (χ1) is 18.6. The number of para-hydroxylation sites is 2. The molecule has 0 bridgehead atoms. The van der Waals surface area contributed by atoms with Crippen LogP contribution in [0.5, 0.6) is 17.2 Å². The van der Waals surface area contributed by atoms with E-state index in [1.807, 2.05) is 42.5 Å². The van der Waals surface area contributed by atoms with Crippen LogP contribution in [-0.4, -0.2) is 27.1 Å². The molecule has 0 saturated carbocycles. The van der Waals surface area contributed by atoms with Crippen LogP contribution in [0.1, 0.15) is 35.9 Å². The Bertz CT molecular complexity index is 1550. The quantitative estimate of drug-likeness (QED) is 0.309. The third-order valence-electron chi connectivity index (χ3n) is 7.57. The average molecular weight is 507 g/mol. The first-order valence-electron chi connectivity index (χ1n) is 12.8. The van der Waals surface area contributed by atoms with Crippen molar-refractivity contribution in [1.29, 1.82) is 0 Å². The fourth-order valence-corrected chi connectivity index (χ4v) is 5.70. The zero-order valence-corrected chi connectivity index (χ0v) is 21.7. The molecule has 2 aliphatic rings. The third kappa shape index (κ3) is 4.12. The molecule has 2 unspecified atom stereocenters. The molecule has 4 aromatic rings. The lowest BCUT2D eigenvalue weighted by Gasteiger charge is -2.30. The summed E-state index contributed by atoms with van der Waals surface area (Å²) in [7, 11) is 4.81. The van der Waals surface area contributed by atoms with Gasteiger partial charge in [0.2, 0.25) is 5.75 Å². The fourth-order valence-electron chi connectivity index (χ4n) is 5.70. The van der Waals surface area contributed by atoms with Gasteiger partial charge in [-0.25, -0.2) is 0 Å². The number of carbonyl (C=O) groups excluding carboxylic acids is 1. The Hall–Kier alpha value is -4.45. The molecule has 2 atom stereocenters. The molecule has 6 heteroatoms. The number of ether oxygens (including phenoxy) is 3. The van der Waals surface area contributed by atoms with Gasteiger partial charge in [-0.15, -0.1) is 0 Å². The topological polar surface area (TPSA) is 68.8 Å². The molecule has 0 spiro atoms. The number of anilines is 2. The van der Waals surface area contributed by atoms with Crippen molar-refractivity contribution in [3.05, 3.63) is 101 Å². The fraction of sp³-hybridized carbons (Fsp3) is 0.219. The lowest BCUT2D eigenvalue weighted by molar-refractivity contribution is -0.116. The highest BCUT2D eigenvalue weighted by molar-refractivity contribution is 6.01. The number of Topliss-reactive ketones (excluding diaryl/α,β-unsaturated/α-hetero) is 1. The van der Waals surface area contributed by atoms with Gasteiger partial charge in [-0.1, -0.05) is 48.5 Å². The monoisotopic (exact) mass is 506 g/mol. The summed E-state index contributed by atoms with van der Waals surface area (Å²) in [5.74, 6) is 1.80. The van der Waals surface area contributed by atoms with E-state index in [1.165, 1.54) is 5.39 Å². The van der Waals surface area contributed by atoms with Gasteiger partial charge in [0, 0.05) is 17.7 Å². The van der Waals surface area contributed by atoms with Crippen molar-refractivity contribution in [3.8, 4) is 17.2 Å². The number of hydrogen-bond donors (Lipinski definition) is 2. The van der Waals surface area contributed by atoms with Crippen molar-refractivity contribution < 1.29 is 19.0 Å². The van der Waals surface area contributed by atoms with E-state index in [0.717, 1.165) is 39.2 Å². The molecule has 4 aromatic carbocycles. The first-order valence-corrected chi connectivity index (χ1v) is 12.8. The minimum absolute atomic E-state index is 0.0371. The largest absolute Gasteiger partial charge is 0.493 e. The summed E-state index contributed by atoms with van der Waals surface area (Å²) in [6.45, 7) is 0. The highest BCUT2D eigenvalue weighted by Gasteiger charge is 2.36. The number of ketones is 1. The van der Waals surface area contributed by atoms with E-state index < -0.39 is 0 Å². The van der Waals surface area contributed by atoms with Gasteiger partial charge in [-0.3, -0.25) is 4.79 Å². The summed E-state index contributed by atoms with van der Waals surface area (Å²) in [6.07, 6.45) is 1.07. The Balaban J connectivity index is 1.45. The van der Waals surface area contributed by atoms with Crippen LogP contribution in [0.25, 0.3) is 10.8 Å². The van der Waals surface area contributed by atoms with Crippen molar-refractivity contribution in [2.45, 2.75) is 24.8 Å². The third-order valence-corrected chi connectivity index (χ3v) is 7.57. The first kappa shape index (κ1) is 23.9. The number of hydrogen-bond acceptors (Lipinski definition) is 6. The van der Waals surface area contributed by atoms with Crippen LogP contribution in [0.2, 0.25) is 0 Å². The van der Waals surface area contributed by atoms with E-state index in [-0.39, 0.29) is 17.7 Å². The van der Waals surface area contributed by atoms with E-state index in [2.05, 4.69) is 47.0 Å². The van der Waals surface area contributed by atoms with E-state index in [1.54, 1.807) is 21.3 Å². The van der Waals surface area contributed by atoms with Gasteiger partial charge in [0.25, 0.3) is 0 Å². The second-order valence-corrected chi connectivity index (χ2v) is 9.73.